The number of nitrogens with zero attached hydrogens (tertiary/aromatic N) is 4. The van der Waals surface area contributed by atoms with Gasteiger partial charge in [0.15, 0.2) is 5.16 Å². The minimum atomic E-state index is 0.211. The molecule has 2 aromatic heterocycles. The molecule has 1 aliphatic rings. The highest BCUT2D eigenvalue weighted by molar-refractivity contribution is 7.98. The second kappa shape index (κ2) is 8.31. The number of aromatic nitrogens is 4. The van der Waals surface area contributed by atoms with Crippen molar-refractivity contribution in [2.75, 3.05) is 6.26 Å². The molecule has 0 bridgehead atoms. The number of ether oxygens (including phenoxy) is 1. The molecule has 1 saturated carbocycles. The Hall–Kier alpha value is -2.05. The first-order chi connectivity index (χ1) is 13.2. The van der Waals surface area contributed by atoms with Crippen molar-refractivity contribution in [3.8, 4) is 11.6 Å². The van der Waals surface area contributed by atoms with Gasteiger partial charge >= 0.3 is 0 Å². The molecule has 3 aromatic rings. The molecule has 7 heteroatoms. The summed E-state index contributed by atoms with van der Waals surface area (Å²) in [5.74, 6) is 2.10. The number of benzene rings is 1. The van der Waals surface area contributed by atoms with Gasteiger partial charge in [-0.15, -0.1) is 10.2 Å². The second-order valence-corrected chi connectivity index (χ2v) is 7.83. The van der Waals surface area contributed by atoms with Gasteiger partial charge in [0.25, 0.3) is 0 Å². The molecule has 1 aromatic carbocycles. The van der Waals surface area contributed by atoms with E-state index in [4.69, 9.17) is 16.3 Å². The second-order valence-electron chi connectivity index (χ2n) is 6.62. The van der Waals surface area contributed by atoms with E-state index in [2.05, 4.69) is 19.7 Å². The Morgan fingerprint density at radius 2 is 1.81 bits per heavy atom. The van der Waals surface area contributed by atoms with Gasteiger partial charge in [-0.1, -0.05) is 29.4 Å². The van der Waals surface area contributed by atoms with E-state index in [1.807, 2.05) is 48.7 Å². The van der Waals surface area contributed by atoms with Crippen LogP contribution in [0.5, 0.6) is 5.88 Å². The number of halogens is 1. The highest BCUT2D eigenvalue weighted by Crippen LogP contribution is 2.36. The summed E-state index contributed by atoms with van der Waals surface area (Å²) in [5, 5.41) is 10.6. The lowest BCUT2D eigenvalue weighted by molar-refractivity contribution is 0.139. The zero-order valence-electron chi connectivity index (χ0n) is 15.1. The Morgan fingerprint density at radius 1 is 1.04 bits per heavy atom. The van der Waals surface area contributed by atoms with Crippen molar-refractivity contribution in [3.05, 3.63) is 59.5 Å². The summed E-state index contributed by atoms with van der Waals surface area (Å²) in [4.78, 5) is 4.26. The van der Waals surface area contributed by atoms with Crippen molar-refractivity contribution < 1.29 is 4.74 Å². The molecule has 4 rings (SSSR count). The van der Waals surface area contributed by atoms with Crippen molar-refractivity contribution in [2.45, 2.75) is 42.9 Å². The molecule has 0 spiro atoms. The molecule has 0 saturated heterocycles. The Balaban J connectivity index is 1.50. The van der Waals surface area contributed by atoms with E-state index in [9.17, 15) is 0 Å². The van der Waals surface area contributed by atoms with Crippen LogP contribution < -0.4 is 4.74 Å². The van der Waals surface area contributed by atoms with Gasteiger partial charge in [0, 0.05) is 28.9 Å². The Morgan fingerprint density at radius 3 is 2.48 bits per heavy atom. The van der Waals surface area contributed by atoms with Crippen molar-refractivity contribution >= 4 is 23.4 Å². The number of thioether (sulfide) groups is 1. The molecule has 0 N–H and O–H groups in total. The Kier molecular flexibility index (Phi) is 5.64. The van der Waals surface area contributed by atoms with Gasteiger partial charge in [-0.25, -0.2) is 4.98 Å². The van der Waals surface area contributed by atoms with Crippen molar-refractivity contribution in [1.82, 2.24) is 19.7 Å². The van der Waals surface area contributed by atoms with Crippen LogP contribution in [0.1, 0.15) is 37.4 Å². The lowest BCUT2D eigenvalue weighted by Crippen LogP contribution is -2.25. The van der Waals surface area contributed by atoms with Gasteiger partial charge in [-0.2, -0.15) is 0 Å². The molecular weight excluding hydrogens is 380 g/mol. The van der Waals surface area contributed by atoms with Crippen LogP contribution in [-0.2, 0) is 0 Å². The third-order valence-electron chi connectivity index (χ3n) is 4.89. The summed E-state index contributed by atoms with van der Waals surface area (Å²) >= 11 is 7.66. The van der Waals surface area contributed by atoms with E-state index in [1.54, 1.807) is 18.0 Å². The molecule has 27 heavy (non-hydrogen) atoms. The van der Waals surface area contributed by atoms with E-state index < -0.39 is 0 Å². The molecule has 1 aliphatic carbocycles. The van der Waals surface area contributed by atoms with Gasteiger partial charge < -0.3 is 4.74 Å². The maximum Gasteiger partial charge on any atom is 0.213 e. The van der Waals surface area contributed by atoms with E-state index >= 15 is 0 Å². The van der Waals surface area contributed by atoms with Crippen molar-refractivity contribution in [3.63, 3.8) is 0 Å². The van der Waals surface area contributed by atoms with Crippen LogP contribution in [0.3, 0.4) is 0 Å². The molecule has 0 radical (unpaired) electrons. The molecule has 140 valence electrons. The summed E-state index contributed by atoms with van der Waals surface area (Å²) < 4.78 is 8.18. The average molecular weight is 401 g/mol. The summed E-state index contributed by atoms with van der Waals surface area (Å²) in [5.41, 5.74) is 1.05. The third kappa shape index (κ3) is 4.12. The third-order valence-corrected chi connectivity index (χ3v) is 5.77. The standard InChI is InChI=1S/C20H21ClN4OS/c1-27-20-24-23-19(25(20)16-9-7-15(21)8-10-16)14-5-11-17(12-6-14)26-18-4-2-3-13-22-18/h2-4,7-10,13-14,17H,5-6,11-12H2,1H3. The molecule has 0 aliphatic heterocycles. The molecule has 5 nitrogen and oxygen atoms in total. The fraction of sp³-hybridized carbons (Fsp3) is 0.350. The predicted octanol–water partition coefficient (Wildman–Crippen LogP) is 5.14. The summed E-state index contributed by atoms with van der Waals surface area (Å²) in [6.07, 6.45) is 8.03. The first-order valence-corrected chi connectivity index (χ1v) is 10.7. The minimum Gasteiger partial charge on any atom is -0.474 e. The normalized spacial score (nSPS) is 19.8. The van der Waals surface area contributed by atoms with Gasteiger partial charge in [-0.3, -0.25) is 4.57 Å². The first kappa shape index (κ1) is 18.3. The monoisotopic (exact) mass is 400 g/mol. The van der Waals surface area contributed by atoms with Crippen molar-refractivity contribution in [2.24, 2.45) is 0 Å². The van der Waals surface area contributed by atoms with Crippen LogP contribution in [0, 0.1) is 0 Å². The molecule has 0 unspecified atom stereocenters. The Bertz CT molecular complexity index is 877. The van der Waals surface area contributed by atoms with E-state index in [1.165, 1.54) is 0 Å². The van der Waals surface area contributed by atoms with Gasteiger partial charge in [0.05, 0.1) is 0 Å². The molecular formula is C20H21ClN4OS. The van der Waals surface area contributed by atoms with Crippen LogP contribution in [0.25, 0.3) is 5.69 Å². The quantitative estimate of drug-likeness (QED) is 0.555. The zero-order chi connectivity index (χ0) is 18.6. The molecule has 2 heterocycles. The topological polar surface area (TPSA) is 52.8 Å². The average Bonchev–Trinajstić information content (AvgIpc) is 3.14. The number of rotatable bonds is 5. The summed E-state index contributed by atoms with van der Waals surface area (Å²) in [6, 6.07) is 13.6. The highest BCUT2D eigenvalue weighted by Gasteiger charge is 2.28. The number of hydrogen-bond donors (Lipinski definition) is 0. The van der Waals surface area contributed by atoms with Crippen LogP contribution >= 0.6 is 23.4 Å². The highest BCUT2D eigenvalue weighted by atomic mass is 35.5. The fourth-order valence-corrected chi connectivity index (χ4v) is 4.17. The van der Waals surface area contributed by atoms with Gasteiger partial charge in [0.1, 0.15) is 11.9 Å². The minimum absolute atomic E-state index is 0.211. The smallest absolute Gasteiger partial charge is 0.213 e. The van der Waals surface area contributed by atoms with Crippen LogP contribution in [0.4, 0.5) is 0 Å². The molecule has 0 amide bonds. The molecule has 1 fully saturated rings. The fourth-order valence-electron chi connectivity index (χ4n) is 3.54. The van der Waals surface area contributed by atoms with Crippen LogP contribution in [-0.4, -0.2) is 32.1 Å². The van der Waals surface area contributed by atoms with E-state index in [0.29, 0.717) is 11.8 Å². The predicted molar refractivity (Wildman–Crippen MR) is 108 cm³/mol. The lowest BCUT2D eigenvalue weighted by atomic mass is 9.86. The largest absolute Gasteiger partial charge is 0.474 e. The van der Waals surface area contributed by atoms with E-state index in [0.717, 1.165) is 47.4 Å². The zero-order valence-corrected chi connectivity index (χ0v) is 16.7. The van der Waals surface area contributed by atoms with E-state index in [-0.39, 0.29) is 6.10 Å². The number of pyridine rings is 1. The van der Waals surface area contributed by atoms with Crippen molar-refractivity contribution in [1.29, 1.82) is 0 Å². The first-order valence-electron chi connectivity index (χ1n) is 9.07. The Labute approximate surface area is 168 Å². The molecule has 0 atom stereocenters. The summed E-state index contributed by atoms with van der Waals surface area (Å²) in [7, 11) is 0. The maximum absolute atomic E-state index is 6.05. The van der Waals surface area contributed by atoms with Gasteiger partial charge in [0.2, 0.25) is 5.88 Å². The van der Waals surface area contributed by atoms with Crippen LogP contribution in [0.15, 0.2) is 53.8 Å². The SMILES string of the molecule is CSc1nnc(C2CCC(Oc3ccccn3)CC2)n1-c1ccc(Cl)cc1. The summed E-state index contributed by atoms with van der Waals surface area (Å²) in [6.45, 7) is 0. The lowest BCUT2D eigenvalue weighted by Gasteiger charge is -2.28. The van der Waals surface area contributed by atoms with Gasteiger partial charge in [-0.05, 0) is 62.3 Å². The maximum atomic E-state index is 6.05. The number of hydrogen-bond acceptors (Lipinski definition) is 5. The van der Waals surface area contributed by atoms with Crippen LogP contribution in [0.2, 0.25) is 5.02 Å².